The minimum Gasteiger partial charge on any atom is -0.302 e. The largest absolute Gasteiger partial charge is 0.302 e. The highest BCUT2D eigenvalue weighted by molar-refractivity contribution is 7.91. The lowest BCUT2D eigenvalue weighted by atomic mass is 9.97. The summed E-state index contributed by atoms with van der Waals surface area (Å²) >= 11 is 7.43. The van der Waals surface area contributed by atoms with Gasteiger partial charge in [0.1, 0.15) is 0 Å². The van der Waals surface area contributed by atoms with Crippen molar-refractivity contribution >= 4 is 64.1 Å². The van der Waals surface area contributed by atoms with Crippen molar-refractivity contribution in [2.75, 3.05) is 24.7 Å². The van der Waals surface area contributed by atoms with Gasteiger partial charge in [0.15, 0.2) is 15.0 Å². The van der Waals surface area contributed by atoms with Gasteiger partial charge in [-0.3, -0.25) is 4.79 Å². The van der Waals surface area contributed by atoms with Crippen LogP contribution in [-0.2, 0) is 24.7 Å². The number of benzene rings is 2. The summed E-state index contributed by atoms with van der Waals surface area (Å²) in [4.78, 5) is 17.1. The summed E-state index contributed by atoms with van der Waals surface area (Å²) in [5.74, 6) is -0.551. The Labute approximate surface area is 201 Å². The maximum absolute atomic E-state index is 13.0. The van der Waals surface area contributed by atoms with Crippen LogP contribution in [0.5, 0.6) is 0 Å². The molecule has 0 aliphatic carbocycles. The van der Waals surface area contributed by atoms with Gasteiger partial charge in [0.05, 0.1) is 20.0 Å². The zero-order valence-electron chi connectivity index (χ0n) is 17.9. The molecular weight excluding hydrogens is 506 g/mol. The first kappa shape index (κ1) is 24.1. The second-order valence-electron chi connectivity index (χ2n) is 8.00. The second kappa shape index (κ2) is 8.95. The number of carbonyl (C=O) groups is 1. The molecule has 0 saturated carbocycles. The van der Waals surface area contributed by atoms with E-state index in [0.717, 1.165) is 22.0 Å². The lowest BCUT2D eigenvalue weighted by Crippen LogP contribution is -2.41. The minimum atomic E-state index is -3.86. The van der Waals surface area contributed by atoms with Gasteiger partial charge in [0.2, 0.25) is 15.9 Å². The zero-order chi connectivity index (χ0) is 24.0. The van der Waals surface area contributed by atoms with Crippen molar-refractivity contribution in [3.63, 3.8) is 0 Å². The molecule has 4 rings (SSSR count). The molecule has 176 valence electrons. The number of carbonyl (C=O) groups excluding carboxylic acids is 1. The highest BCUT2D eigenvalue weighted by Gasteiger charge is 2.32. The first-order valence-corrected chi connectivity index (χ1v) is 14.7. The highest BCUT2D eigenvalue weighted by atomic mass is 35.5. The topological polar surface area (TPSA) is 114 Å². The standard InChI is InChI=1S/C21H22ClN3O5S3/c1-13-10-15(22)11-18-19(13)23-21(31-18)24-20(26)14-6-8-25(9-7-14)33(29,30)17-5-3-4-16(12-17)32(2,27)28/h3-5,10-12,14H,6-9H2,1-2H3,(H,23,24,26). The fourth-order valence-corrected chi connectivity index (χ4v) is 7.37. The summed E-state index contributed by atoms with van der Waals surface area (Å²) in [6.45, 7) is 2.23. The SMILES string of the molecule is Cc1cc(Cl)cc2sc(NC(=O)C3CCN(S(=O)(=O)c4cccc(S(C)(=O)=O)c4)CC3)nc12. The zero-order valence-corrected chi connectivity index (χ0v) is 21.1. The van der Waals surface area contributed by atoms with E-state index in [0.29, 0.717) is 23.0 Å². The molecule has 1 aliphatic rings. The Morgan fingerprint density at radius 1 is 1.12 bits per heavy atom. The Morgan fingerprint density at radius 3 is 2.45 bits per heavy atom. The lowest BCUT2D eigenvalue weighted by Gasteiger charge is -2.30. The molecule has 8 nitrogen and oxygen atoms in total. The van der Waals surface area contributed by atoms with Gasteiger partial charge in [-0.25, -0.2) is 21.8 Å². The molecule has 12 heteroatoms. The van der Waals surface area contributed by atoms with Gasteiger partial charge >= 0.3 is 0 Å². The van der Waals surface area contributed by atoms with Crippen LogP contribution in [0, 0.1) is 12.8 Å². The van der Waals surface area contributed by atoms with E-state index >= 15 is 0 Å². The van der Waals surface area contributed by atoms with Gasteiger partial charge < -0.3 is 5.32 Å². The number of hydrogen-bond acceptors (Lipinski definition) is 7. The Balaban J connectivity index is 1.43. The molecule has 0 bridgehead atoms. The van der Waals surface area contributed by atoms with Crippen molar-refractivity contribution in [3.8, 4) is 0 Å². The predicted molar refractivity (Wildman–Crippen MR) is 129 cm³/mol. The van der Waals surface area contributed by atoms with Crippen molar-refractivity contribution in [1.82, 2.24) is 9.29 Å². The van der Waals surface area contributed by atoms with Crippen molar-refractivity contribution in [2.45, 2.75) is 29.6 Å². The van der Waals surface area contributed by atoms with Crippen LogP contribution < -0.4 is 5.32 Å². The molecule has 2 aromatic carbocycles. The number of rotatable bonds is 5. The fourth-order valence-electron chi connectivity index (χ4n) is 3.79. The summed E-state index contributed by atoms with van der Waals surface area (Å²) in [7, 11) is -7.39. The average molecular weight is 528 g/mol. The van der Waals surface area contributed by atoms with E-state index in [1.54, 1.807) is 6.07 Å². The molecule has 0 unspecified atom stereocenters. The van der Waals surface area contributed by atoms with Crippen LogP contribution in [0.1, 0.15) is 18.4 Å². The molecule has 1 saturated heterocycles. The molecule has 0 radical (unpaired) electrons. The van der Waals surface area contributed by atoms with Gasteiger partial charge in [0.25, 0.3) is 0 Å². The van der Waals surface area contributed by atoms with Gasteiger partial charge in [0, 0.05) is 30.3 Å². The number of sulfonamides is 1. The van der Waals surface area contributed by atoms with Crippen LogP contribution in [0.3, 0.4) is 0 Å². The molecule has 3 aromatic rings. The van der Waals surface area contributed by atoms with Crippen LogP contribution in [-0.4, -0.2) is 51.4 Å². The molecule has 0 spiro atoms. The molecule has 1 fully saturated rings. The molecule has 1 aliphatic heterocycles. The van der Waals surface area contributed by atoms with Crippen LogP contribution in [0.4, 0.5) is 5.13 Å². The van der Waals surface area contributed by atoms with Gasteiger partial charge in [-0.05, 0) is 55.7 Å². The maximum Gasteiger partial charge on any atom is 0.243 e. The van der Waals surface area contributed by atoms with E-state index in [2.05, 4.69) is 10.3 Å². The van der Waals surface area contributed by atoms with E-state index in [1.807, 2.05) is 13.0 Å². The lowest BCUT2D eigenvalue weighted by molar-refractivity contribution is -0.120. The highest BCUT2D eigenvalue weighted by Crippen LogP contribution is 2.32. The van der Waals surface area contributed by atoms with Gasteiger partial charge in [-0.15, -0.1) is 0 Å². The molecule has 0 atom stereocenters. The first-order valence-electron chi connectivity index (χ1n) is 10.1. The Kier molecular flexibility index (Phi) is 6.53. The fraction of sp³-hybridized carbons (Fsp3) is 0.333. The Morgan fingerprint density at radius 2 is 1.79 bits per heavy atom. The van der Waals surface area contributed by atoms with E-state index in [9.17, 15) is 21.6 Å². The van der Waals surface area contributed by atoms with Crippen LogP contribution in [0.25, 0.3) is 10.2 Å². The smallest absolute Gasteiger partial charge is 0.243 e. The number of aromatic nitrogens is 1. The molecule has 2 heterocycles. The monoisotopic (exact) mass is 527 g/mol. The van der Waals surface area contributed by atoms with E-state index < -0.39 is 19.9 Å². The van der Waals surface area contributed by atoms with Crippen LogP contribution in [0.15, 0.2) is 46.2 Å². The summed E-state index contributed by atoms with van der Waals surface area (Å²) in [6, 6.07) is 8.95. The second-order valence-corrected chi connectivity index (χ2v) is 13.4. The first-order chi connectivity index (χ1) is 15.4. The van der Waals surface area contributed by atoms with E-state index in [-0.39, 0.29) is 34.7 Å². The van der Waals surface area contributed by atoms with Crippen molar-refractivity contribution in [2.24, 2.45) is 5.92 Å². The van der Waals surface area contributed by atoms with Crippen LogP contribution in [0.2, 0.25) is 5.02 Å². The van der Waals surface area contributed by atoms with Crippen molar-refractivity contribution in [3.05, 3.63) is 47.0 Å². The number of piperidine rings is 1. The number of halogens is 1. The van der Waals surface area contributed by atoms with Crippen molar-refractivity contribution in [1.29, 1.82) is 0 Å². The number of amides is 1. The number of thiazole rings is 1. The van der Waals surface area contributed by atoms with E-state index in [4.69, 9.17) is 11.6 Å². The number of anilines is 1. The number of fused-ring (bicyclic) bond motifs is 1. The summed E-state index contributed by atoms with van der Waals surface area (Å²) in [5, 5.41) is 3.94. The van der Waals surface area contributed by atoms with Crippen molar-refractivity contribution < 1.29 is 21.6 Å². The minimum absolute atomic E-state index is 0.0507. The molecule has 1 amide bonds. The molecule has 1 N–H and O–H groups in total. The summed E-state index contributed by atoms with van der Waals surface area (Å²) in [6.07, 6.45) is 1.74. The van der Waals surface area contributed by atoms with Gasteiger partial charge in [-0.1, -0.05) is 29.0 Å². The Bertz CT molecular complexity index is 1440. The average Bonchev–Trinajstić information content (AvgIpc) is 3.16. The summed E-state index contributed by atoms with van der Waals surface area (Å²) < 4.78 is 51.8. The number of sulfone groups is 1. The Hall–Kier alpha value is -2.05. The molecule has 33 heavy (non-hydrogen) atoms. The third-order valence-corrected chi connectivity index (χ3v) is 9.72. The number of hydrogen-bond donors (Lipinski definition) is 1. The third-order valence-electron chi connectivity index (χ3n) is 5.58. The number of nitrogens with one attached hydrogen (secondary N) is 1. The quantitative estimate of drug-likeness (QED) is 0.541. The third kappa shape index (κ3) is 5.07. The number of nitrogens with zero attached hydrogens (tertiary/aromatic N) is 2. The van der Waals surface area contributed by atoms with E-state index in [1.165, 1.54) is 39.9 Å². The molecule has 1 aromatic heterocycles. The maximum atomic E-state index is 13.0. The predicted octanol–water partition coefficient (Wildman–Crippen LogP) is 3.70. The van der Waals surface area contributed by atoms with Gasteiger partial charge in [-0.2, -0.15) is 4.31 Å². The molecular formula is C21H22ClN3O5S3. The van der Waals surface area contributed by atoms with Crippen LogP contribution >= 0.6 is 22.9 Å². The normalized spacial score (nSPS) is 16.2. The number of aryl methyl sites for hydroxylation is 1. The summed E-state index contributed by atoms with van der Waals surface area (Å²) in [5.41, 5.74) is 1.71.